The first-order chi connectivity index (χ1) is 14.1. The second kappa shape index (κ2) is 8.22. The number of amides is 1. The lowest BCUT2D eigenvalue weighted by Crippen LogP contribution is -2.33. The summed E-state index contributed by atoms with van der Waals surface area (Å²) in [5.74, 6) is -0.318. The van der Waals surface area contributed by atoms with Gasteiger partial charge in [-0.2, -0.15) is 0 Å². The van der Waals surface area contributed by atoms with Crippen LogP contribution in [0.4, 0.5) is 0 Å². The summed E-state index contributed by atoms with van der Waals surface area (Å²) in [7, 11) is 0. The van der Waals surface area contributed by atoms with Crippen LogP contribution in [0.15, 0.2) is 67.0 Å². The van der Waals surface area contributed by atoms with Crippen LogP contribution < -0.4 is 5.32 Å². The van der Waals surface area contributed by atoms with E-state index in [2.05, 4.69) is 15.3 Å². The number of carbonyl (C=O) groups excluding carboxylic acids is 1. The largest absolute Gasteiger partial charge is 0.394 e. The molecule has 0 fully saturated rings. The van der Waals surface area contributed by atoms with Gasteiger partial charge in [0.15, 0.2) is 0 Å². The fraction of sp³-hybridized carbons (Fsp3) is 0.136. The molecule has 4 N–H and O–H groups in total. The van der Waals surface area contributed by atoms with Gasteiger partial charge in [0.25, 0.3) is 5.91 Å². The van der Waals surface area contributed by atoms with Gasteiger partial charge in [0.1, 0.15) is 5.69 Å². The van der Waals surface area contributed by atoms with Crippen LogP contribution in [0.2, 0.25) is 0 Å². The van der Waals surface area contributed by atoms with Gasteiger partial charge in [-0.3, -0.25) is 9.78 Å². The molecular weight excluding hydrogens is 368 g/mol. The van der Waals surface area contributed by atoms with Gasteiger partial charge in [-0.15, -0.1) is 0 Å². The van der Waals surface area contributed by atoms with E-state index in [4.69, 9.17) is 10.1 Å². The molecule has 7 nitrogen and oxygen atoms in total. The Bertz CT molecular complexity index is 1110. The van der Waals surface area contributed by atoms with Crippen molar-refractivity contribution < 1.29 is 15.0 Å². The number of hydrogen-bond donors (Lipinski definition) is 4. The highest BCUT2D eigenvalue weighted by Gasteiger charge is 2.10. The molecule has 0 aliphatic heterocycles. The Balaban J connectivity index is 1.54. The van der Waals surface area contributed by atoms with Crippen LogP contribution in [-0.4, -0.2) is 50.3 Å². The average Bonchev–Trinajstić information content (AvgIpc) is 3.22. The zero-order chi connectivity index (χ0) is 20.2. The molecule has 2 aromatic carbocycles. The number of carbonyl (C=O) groups is 1. The molecule has 0 saturated carbocycles. The number of hydrogen-bond acceptors (Lipinski definition) is 5. The lowest BCUT2D eigenvalue weighted by Gasteiger charge is -2.09. The number of aromatic nitrogens is 3. The van der Waals surface area contributed by atoms with E-state index in [1.165, 1.54) is 0 Å². The third-order valence-electron chi connectivity index (χ3n) is 4.59. The molecule has 0 aliphatic carbocycles. The number of H-pyrrole nitrogens is 1. The molecule has 0 aliphatic rings. The van der Waals surface area contributed by atoms with Crippen molar-refractivity contribution >= 4 is 16.8 Å². The number of aliphatic hydroxyl groups excluding tert-OH is 2. The van der Waals surface area contributed by atoms with Crippen molar-refractivity contribution in [1.82, 2.24) is 20.3 Å². The Hall–Kier alpha value is -3.55. The van der Waals surface area contributed by atoms with Crippen LogP contribution in [0.25, 0.3) is 33.5 Å². The highest BCUT2D eigenvalue weighted by Crippen LogP contribution is 2.24. The maximum absolute atomic E-state index is 12.1. The van der Waals surface area contributed by atoms with Crippen molar-refractivity contribution in [3.63, 3.8) is 0 Å². The van der Waals surface area contributed by atoms with E-state index in [9.17, 15) is 9.90 Å². The first-order valence-electron chi connectivity index (χ1n) is 9.22. The van der Waals surface area contributed by atoms with E-state index in [-0.39, 0.29) is 12.5 Å². The Morgan fingerprint density at radius 2 is 1.83 bits per heavy atom. The molecule has 0 radical (unpaired) electrons. The van der Waals surface area contributed by atoms with Gasteiger partial charge < -0.3 is 20.5 Å². The van der Waals surface area contributed by atoms with Crippen molar-refractivity contribution in [1.29, 1.82) is 0 Å². The van der Waals surface area contributed by atoms with Crippen molar-refractivity contribution in [2.24, 2.45) is 0 Å². The molecule has 29 heavy (non-hydrogen) atoms. The predicted octanol–water partition coefficient (Wildman–Crippen LogP) is 2.37. The second-order valence-electron chi connectivity index (χ2n) is 6.68. The molecule has 1 amide bonds. The van der Waals surface area contributed by atoms with Gasteiger partial charge in [-0.25, -0.2) is 4.98 Å². The van der Waals surface area contributed by atoms with Crippen molar-refractivity contribution in [2.75, 3.05) is 13.2 Å². The lowest BCUT2D eigenvalue weighted by atomic mass is 10.1. The molecule has 0 saturated heterocycles. The number of nitrogens with zero attached hydrogens (tertiary/aromatic N) is 2. The minimum atomic E-state index is -0.971. The summed E-state index contributed by atoms with van der Waals surface area (Å²) in [4.78, 5) is 24.5. The number of aliphatic hydroxyl groups is 2. The van der Waals surface area contributed by atoms with E-state index < -0.39 is 12.7 Å². The summed E-state index contributed by atoms with van der Waals surface area (Å²) in [6.07, 6.45) is 2.42. The summed E-state index contributed by atoms with van der Waals surface area (Å²) in [6, 6.07) is 17.0. The van der Waals surface area contributed by atoms with Gasteiger partial charge in [-0.1, -0.05) is 30.3 Å². The minimum Gasteiger partial charge on any atom is -0.394 e. The van der Waals surface area contributed by atoms with E-state index in [1.54, 1.807) is 36.7 Å². The Morgan fingerprint density at radius 3 is 2.59 bits per heavy atom. The standard InChI is InChI=1S/C22H20N4O3/c27-13-17(28)10-24-22(29)15-7-5-14(6-8-15)20-11-23-12-21(26-20)19-9-16-3-1-2-4-18(16)25-19/h1-9,11-12,17,25,27-28H,10,13H2,(H,24,29). The van der Waals surface area contributed by atoms with E-state index in [0.29, 0.717) is 11.3 Å². The predicted molar refractivity (Wildman–Crippen MR) is 110 cm³/mol. The van der Waals surface area contributed by atoms with Gasteiger partial charge in [0.05, 0.1) is 36.5 Å². The van der Waals surface area contributed by atoms with Gasteiger partial charge in [0, 0.05) is 28.6 Å². The topological polar surface area (TPSA) is 111 Å². The van der Waals surface area contributed by atoms with Gasteiger partial charge in [-0.05, 0) is 24.3 Å². The molecule has 7 heteroatoms. The van der Waals surface area contributed by atoms with Crippen LogP contribution in [0, 0.1) is 0 Å². The number of benzene rings is 2. The minimum absolute atomic E-state index is 0.00486. The van der Waals surface area contributed by atoms with Crippen LogP contribution in [0.5, 0.6) is 0 Å². The SMILES string of the molecule is O=C(NCC(O)CO)c1ccc(-c2cncc(-c3cc4ccccc4[nH]3)n2)cc1. The molecular formula is C22H20N4O3. The monoisotopic (exact) mass is 388 g/mol. The van der Waals surface area contributed by atoms with Crippen LogP contribution in [0.3, 0.4) is 0 Å². The summed E-state index contributed by atoms with van der Waals surface area (Å²) in [5, 5.41) is 21.8. The average molecular weight is 388 g/mol. The van der Waals surface area contributed by atoms with Crippen molar-refractivity contribution in [2.45, 2.75) is 6.10 Å². The first kappa shape index (κ1) is 18.8. The quantitative estimate of drug-likeness (QED) is 0.405. The molecule has 2 aromatic heterocycles. The Morgan fingerprint density at radius 1 is 1.07 bits per heavy atom. The second-order valence-corrected chi connectivity index (χ2v) is 6.68. The molecule has 1 unspecified atom stereocenters. The van der Waals surface area contributed by atoms with Crippen LogP contribution >= 0.6 is 0 Å². The van der Waals surface area contributed by atoms with Crippen LogP contribution in [-0.2, 0) is 0 Å². The molecule has 4 aromatic rings. The maximum Gasteiger partial charge on any atom is 0.251 e. The molecule has 0 bridgehead atoms. The smallest absolute Gasteiger partial charge is 0.251 e. The number of fused-ring (bicyclic) bond motifs is 1. The number of para-hydroxylation sites is 1. The molecule has 1 atom stereocenters. The lowest BCUT2D eigenvalue weighted by molar-refractivity contribution is 0.0802. The van der Waals surface area contributed by atoms with E-state index >= 15 is 0 Å². The highest BCUT2D eigenvalue weighted by molar-refractivity contribution is 5.94. The summed E-state index contributed by atoms with van der Waals surface area (Å²) >= 11 is 0. The zero-order valence-corrected chi connectivity index (χ0v) is 15.5. The first-order valence-corrected chi connectivity index (χ1v) is 9.22. The van der Waals surface area contributed by atoms with Gasteiger partial charge >= 0.3 is 0 Å². The fourth-order valence-corrected chi connectivity index (χ4v) is 3.02. The third kappa shape index (κ3) is 4.16. The summed E-state index contributed by atoms with van der Waals surface area (Å²) in [5.41, 5.74) is 4.65. The fourth-order valence-electron chi connectivity index (χ4n) is 3.02. The maximum atomic E-state index is 12.1. The Labute approximate surface area is 167 Å². The van der Waals surface area contributed by atoms with E-state index in [0.717, 1.165) is 27.9 Å². The number of nitrogens with one attached hydrogen (secondary N) is 2. The van der Waals surface area contributed by atoms with Crippen molar-refractivity contribution in [3.05, 3.63) is 72.6 Å². The summed E-state index contributed by atoms with van der Waals surface area (Å²) < 4.78 is 0. The highest BCUT2D eigenvalue weighted by atomic mass is 16.3. The normalized spacial score (nSPS) is 12.1. The molecule has 4 rings (SSSR count). The molecule has 0 spiro atoms. The molecule has 146 valence electrons. The molecule has 2 heterocycles. The number of aromatic amines is 1. The zero-order valence-electron chi connectivity index (χ0n) is 15.5. The Kier molecular flexibility index (Phi) is 5.33. The van der Waals surface area contributed by atoms with E-state index in [1.807, 2.05) is 30.3 Å². The number of rotatable bonds is 6. The van der Waals surface area contributed by atoms with Crippen molar-refractivity contribution in [3.8, 4) is 22.6 Å². The van der Waals surface area contributed by atoms with Gasteiger partial charge in [0.2, 0.25) is 0 Å². The van der Waals surface area contributed by atoms with Crippen LogP contribution in [0.1, 0.15) is 10.4 Å². The summed E-state index contributed by atoms with van der Waals surface area (Å²) in [6.45, 7) is -0.403. The third-order valence-corrected chi connectivity index (χ3v) is 4.59.